The highest BCUT2D eigenvalue weighted by Crippen LogP contribution is 2.12. The molecule has 0 unspecified atom stereocenters. The lowest BCUT2D eigenvalue weighted by atomic mass is 10.0. The van der Waals surface area contributed by atoms with Crippen LogP contribution in [0.3, 0.4) is 0 Å². The summed E-state index contributed by atoms with van der Waals surface area (Å²) in [6.45, 7) is 5.46. The van der Waals surface area contributed by atoms with Gasteiger partial charge in [-0.15, -0.1) is 0 Å². The summed E-state index contributed by atoms with van der Waals surface area (Å²) in [5.74, 6) is -0.0837. The lowest BCUT2D eigenvalue weighted by Crippen LogP contribution is -2.48. The Balaban J connectivity index is 2.21. The number of unbranched alkanes of at least 4 members (excludes halogenated alkanes) is 6. The number of nitrogens with one attached hydrogen (secondary N) is 3. The number of phenols is 1. The van der Waals surface area contributed by atoms with Crippen LogP contribution in [0.2, 0.25) is 0 Å². The van der Waals surface area contributed by atoms with E-state index < -0.39 is 6.04 Å². The number of benzene rings is 1. The number of carbonyl (C=O) groups is 2. The highest BCUT2D eigenvalue weighted by Gasteiger charge is 2.20. The van der Waals surface area contributed by atoms with Crippen LogP contribution in [0.1, 0.15) is 76.7 Å². The molecule has 0 heterocycles. The second-order valence-electron chi connectivity index (χ2n) is 8.40. The molecular weight excluding hydrogens is 404 g/mol. The fraction of sp³-hybridized carbons (Fsp3) is 0.680. The van der Waals surface area contributed by atoms with Crippen LogP contribution >= 0.6 is 0 Å². The molecule has 0 saturated heterocycles. The number of hydrogen-bond donors (Lipinski definition) is 5. The van der Waals surface area contributed by atoms with Crippen LogP contribution in [-0.4, -0.2) is 49.1 Å². The first-order valence-corrected chi connectivity index (χ1v) is 12.3. The van der Waals surface area contributed by atoms with E-state index in [2.05, 4.69) is 16.0 Å². The van der Waals surface area contributed by atoms with Crippen LogP contribution in [0.25, 0.3) is 0 Å². The molecule has 0 bridgehead atoms. The van der Waals surface area contributed by atoms with Crippen molar-refractivity contribution in [1.29, 1.82) is 0 Å². The molecule has 0 fully saturated rings. The van der Waals surface area contributed by atoms with E-state index in [1.54, 1.807) is 24.3 Å². The Hall–Kier alpha value is -2.12. The summed E-state index contributed by atoms with van der Waals surface area (Å²) in [4.78, 5) is 24.7. The first kappa shape index (κ1) is 27.9. The molecule has 0 saturated carbocycles. The van der Waals surface area contributed by atoms with Crippen molar-refractivity contribution in [3.8, 4) is 5.75 Å². The summed E-state index contributed by atoms with van der Waals surface area (Å²) in [6, 6.07) is 6.13. The number of amides is 2. The first-order chi connectivity index (χ1) is 15.6. The van der Waals surface area contributed by atoms with E-state index in [9.17, 15) is 14.7 Å². The van der Waals surface area contributed by atoms with Crippen molar-refractivity contribution >= 4 is 11.8 Å². The highest BCUT2D eigenvalue weighted by atomic mass is 16.3. The van der Waals surface area contributed by atoms with Crippen molar-refractivity contribution in [2.24, 2.45) is 5.73 Å². The SMILES string of the molecule is CCCC(=O)N[C@@H](Cc1ccc(O)cc1)C(=O)NCCCCCCNCCCCCCN. The Morgan fingerprint density at radius 3 is 2.09 bits per heavy atom. The van der Waals surface area contributed by atoms with E-state index in [1.807, 2.05) is 6.92 Å². The summed E-state index contributed by atoms with van der Waals surface area (Å²) in [6.07, 6.45) is 10.6. The maximum Gasteiger partial charge on any atom is 0.242 e. The van der Waals surface area contributed by atoms with E-state index in [1.165, 1.54) is 19.3 Å². The average Bonchev–Trinajstić information content (AvgIpc) is 2.78. The minimum atomic E-state index is -0.604. The van der Waals surface area contributed by atoms with Gasteiger partial charge in [-0.25, -0.2) is 0 Å². The maximum atomic E-state index is 12.7. The molecule has 1 aromatic carbocycles. The largest absolute Gasteiger partial charge is 0.508 e. The molecule has 32 heavy (non-hydrogen) atoms. The van der Waals surface area contributed by atoms with Crippen molar-refractivity contribution in [1.82, 2.24) is 16.0 Å². The van der Waals surface area contributed by atoms with Gasteiger partial charge in [-0.3, -0.25) is 9.59 Å². The Morgan fingerprint density at radius 1 is 0.906 bits per heavy atom. The predicted octanol–water partition coefficient (Wildman–Crippen LogP) is 3.00. The third-order valence-electron chi connectivity index (χ3n) is 5.39. The third-order valence-corrected chi connectivity index (χ3v) is 5.39. The van der Waals surface area contributed by atoms with Crippen LogP contribution < -0.4 is 21.7 Å². The normalized spacial score (nSPS) is 11.8. The van der Waals surface area contributed by atoms with Gasteiger partial charge < -0.3 is 26.8 Å². The number of hydrogen-bond acceptors (Lipinski definition) is 5. The van der Waals surface area contributed by atoms with Gasteiger partial charge in [0.25, 0.3) is 0 Å². The monoisotopic (exact) mass is 448 g/mol. The van der Waals surface area contributed by atoms with E-state index in [4.69, 9.17) is 5.73 Å². The molecule has 0 radical (unpaired) electrons. The molecule has 1 aromatic rings. The molecule has 6 N–H and O–H groups in total. The summed E-state index contributed by atoms with van der Waals surface area (Å²) < 4.78 is 0. The smallest absolute Gasteiger partial charge is 0.242 e. The second-order valence-corrected chi connectivity index (χ2v) is 8.40. The molecule has 182 valence electrons. The van der Waals surface area contributed by atoms with Gasteiger partial charge in [-0.1, -0.05) is 44.7 Å². The van der Waals surface area contributed by atoms with Gasteiger partial charge in [0.1, 0.15) is 11.8 Å². The van der Waals surface area contributed by atoms with Crippen molar-refractivity contribution in [3.63, 3.8) is 0 Å². The number of aromatic hydroxyl groups is 1. The van der Waals surface area contributed by atoms with E-state index >= 15 is 0 Å². The first-order valence-electron chi connectivity index (χ1n) is 12.3. The number of nitrogens with two attached hydrogens (primary N) is 1. The minimum absolute atomic E-state index is 0.113. The van der Waals surface area contributed by atoms with Gasteiger partial charge in [0.2, 0.25) is 11.8 Å². The lowest BCUT2D eigenvalue weighted by Gasteiger charge is -2.19. The zero-order valence-electron chi connectivity index (χ0n) is 19.8. The van der Waals surface area contributed by atoms with Gasteiger partial charge in [0.05, 0.1) is 0 Å². The standard InChI is InChI=1S/C25H44N4O3/c1-2-11-24(31)29-23(20-21-12-14-22(30)15-13-21)25(32)28-19-10-6-5-9-18-27-17-8-4-3-7-16-26/h12-15,23,27,30H,2-11,16-20,26H2,1H3,(H,28,32)(H,29,31)/t23-/m0/s1. The summed E-state index contributed by atoms with van der Waals surface area (Å²) >= 11 is 0. The Morgan fingerprint density at radius 2 is 1.50 bits per heavy atom. The zero-order valence-corrected chi connectivity index (χ0v) is 19.8. The summed E-state index contributed by atoms with van der Waals surface area (Å²) in [5, 5.41) is 18.7. The van der Waals surface area contributed by atoms with Gasteiger partial charge in [-0.2, -0.15) is 0 Å². The van der Waals surface area contributed by atoms with Gasteiger partial charge in [0, 0.05) is 19.4 Å². The van der Waals surface area contributed by atoms with Crippen molar-refractivity contribution in [2.45, 2.75) is 83.6 Å². The molecule has 0 spiro atoms. The van der Waals surface area contributed by atoms with Crippen molar-refractivity contribution in [2.75, 3.05) is 26.2 Å². The van der Waals surface area contributed by atoms with Crippen LogP contribution in [-0.2, 0) is 16.0 Å². The molecule has 0 aromatic heterocycles. The summed E-state index contributed by atoms with van der Waals surface area (Å²) in [5.41, 5.74) is 6.39. The number of carbonyl (C=O) groups excluding carboxylic acids is 2. The fourth-order valence-electron chi connectivity index (χ4n) is 3.51. The number of phenolic OH excluding ortho intramolecular Hbond substituents is 1. The van der Waals surface area contributed by atoms with E-state index in [0.717, 1.165) is 63.7 Å². The molecule has 7 nitrogen and oxygen atoms in total. The molecule has 0 aliphatic heterocycles. The Kier molecular flexibility index (Phi) is 16.1. The Bertz CT molecular complexity index is 622. The van der Waals surface area contributed by atoms with E-state index in [-0.39, 0.29) is 17.6 Å². The van der Waals surface area contributed by atoms with Crippen molar-refractivity contribution < 1.29 is 14.7 Å². The third kappa shape index (κ3) is 14.0. The second kappa shape index (κ2) is 18.5. The lowest BCUT2D eigenvalue weighted by molar-refractivity contribution is -0.129. The molecule has 1 atom stereocenters. The van der Waals surface area contributed by atoms with Gasteiger partial charge in [-0.05, 0) is 69.4 Å². The fourth-order valence-corrected chi connectivity index (χ4v) is 3.51. The topological polar surface area (TPSA) is 116 Å². The maximum absolute atomic E-state index is 12.7. The molecule has 1 rings (SSSR count). The number of rotatable bonds is 19. The van der Waals surface area contributed by atoms with Gasteiger partial charge in [0.15, 0.2) is 0 Å². The van der Waals surface area contributed by atoms with Crippen LogP contribution in [0.5, 0.6) is 5.75 Å². The van der Waals surface area contributed by atoms with Gasteiger partial charge >= 0.3 is 0 Å². The molecule has 7 heteroatoms. The quantitative estimate of drug-likeness (QED) is 0.209. The minimum Gasteiger partial charge on any atom is -0.508 e. The molecule has 2 amide bonds. The predicted molar refractivity (Wildman–Crippen MR) is 131 cm³/mol. The molecular formula is C25H44N4O3. The van der Waals surface area contributed by atoms with Crippen LogP contribution in [0.4, 0.5) is 0 Å². The zero-order chi connectivity index (χ0) is 23.4. The highest BCUT2D eigenvalue weighted by molar-refractivity contribution is 5.87. The Labute approximate surface area is 193 Å². The molecule has 0 aliphatic rings. The molecule has 0 aliphatic carbocycles. The van der Waals surface area contributed by atoms with E-state index in [0.29, 0.717) is 19.4 Å². The van der Waals surface area contributed by atoms with Crippen molar-refractivity contribution in [3.05, 3.63) is 29.8 Å². The van der Waals surface area contributed by atoms with Crippen LogP contribution in [0, 0.1) is 0 Å². The average molecular weight is 449 g/mol. The van der Waals surface area contributed by atoms with Crippen LogP contribution in [0.15, 0.2) is 24.3 Å². The summed E-state index contributed by atoms with van der Waals surface area (Å²) in [7, 11) is 0.